The van der Waals surface area contributed by atoms with E-state index in [1.54, 1.807) is 23.9 Å². The molecule has 0 atom stereocenters. The Morgan fingerprint density at radius 2 is 1.85 bits per heavy atom. The van der Waals surface area contributed by atoms with Crippen molar-refractivity contribution in [3.8, 4) is 5.75 Å². The van der Waals surface area contributed by atoms with E-state index < -0.39 is 0 Å². The third-order valence-electron chi connectivity index (χ3n) is 3.54. The molecule has 0 saturated heterocycles. The van der Waals surface area contributed by atoms with Crippen molar-refractivity contribution in [3.63, 3.8) is 0 Å². The summed E-state index contributed by atoms with van der Waals surface area (Å²) in [5.41, 5.74) is 1.52. The topological polar surface area (TPSA) is 64.1 Å². The Balaban J connectivity index is 1.64. The van der Waals surface area contributed by atoms with Crippen LogP contribution in [-0.2, 0) is 6.61 Å². The average molecular weight is 400 g/mol. The highest BCUT2D eigenvalue weighted by molar-refractivity contribution is 8.01. The fourth-order valence-electron chi connectivity index (χ4n) is 2.24. The number of hydrogen-bond donors (Lipinski definition) is 1. The van der Waals surface area contributed by atoms with Crippen LogP contribution in [0.25, 0.3) is 0 Å². The third kappa shape index (κ3) is 5.80. The summed E-state index contributed by atoms with van der Waals surface area (Å²) in [6.45, 7) is 4.71. The Labute approximate surface area is 167 Å². The largest absolute Gasteiger partial charge is 0.488 e. The molecule has 0 bridgehead atoms. The Kier molecular flexibility index (Phi) is 6.84. The molecular weight excluding hydrogens is 378 g/mol. The van der Waals surface area contributed by atoms with E-state index in [1.165, 1.54) is 11.3 Å². The van der Waals surface area contributed by atoms with Gasteiger partial charge in [0, 0.05) is 5.75 Å². The van der Waals surface area contributed by atoms with Crippen LogP contribution < -0.4 is 10.1 Å². The maximum atomic E-state index is 12.7. The van der Waals surface area contributed by atoms with E-state index >= 15 is 0 Å². The molecule has 1 aromatic heterocycles. The van der Waals surface area contributed by atoms with E-state index in [0.29, 0.717) is 29.0 Å². The number of hydrogen-bond acceptors (Lipinski definition) is 6. The van der Waals surface area contributed by atoms with Crippen molar-refractivity contribution in [3.05, 3.63) is 65.7 Å². The highest BCUT2D eigenvalue weighted by Gasteiger charge is 2.15. The van der Waals surface area contributed by atoms with Crippen molar-refractivity contribution in [2.75, 3.05) is 11.1 Å². The summed E-state index contributed by atoms with van der Waals surface area (Å²) in [5.74, 6) is 1.83. The summed E-state index contributed by atoms with van der Waals surface area (Å²) < 4.78 is 6.71. The minimum absolute atomic E-state index is 0.254. The number of aromatic nitrogens is 2. The smallest absolute Gasteiger partial charge is 0.261 e. The van der Waals surface area contributed by atoms with Gasteiger partial charge >= 0.3 is 0 Å². The van der Waals surface area contributed by atoms with Gasteiger partial charge in [0.25, 0.3) is 5.91 Å². The molecule has 27 heavy (non-hydrogen) atoms. The number of para-hydroxylation sites is 1. The van der Waals surface area contributed by atoms with Gasteiger partial charge in [-0.15, -0.1) is 10.2 Å². The van der Waals surface area contributed by atoms with Crippen LogP contribution in [0.3, 0.4) is 0 Å². The SMILES string of the molecule is CC(C)CSc1nnc(NC(=O)c2ccccc2OCc2ccccc2)s1. The van der Waals surface area contributed by atoms with E-state index in [1.807, 2.05) is 42.5 Å². The lowest BCUT2D eigenvalue weighted by atomic mass is 10.2. The number of thioether (sulfide) groups is 1. The molecule has 3 aromatic rings. The van der Waals surface area contributed by atoms with Crippen molar-refractivity contribution in [1.82, 2.24) is 10.2 Å². The molecule has 1 heterocycles. The number of ether oxygens (including phenoxy) is 1. The Bertz CT molecular complexity index is 882. The van der Waals surface area contributed by atoms with Crippen molar-refractivity contribution < 1.29 is 9.53 Å². The molecule has 3 rings (SSSR count). The summed E-state index contributed by atoms with van der Waals surface area (Å²) in [5, 5.41) is 11.5. The summed E-state index contributed by atoms with van der Waals surface area (Å²) in [6.07, 6.45) is 0. The summed E-state index contributed by atoms with van der Waals surface area (Å²) in [6, 6.07) is 17.1. The maximum Gasteiger partial charge on any atom is 0.261 e. The first-order chi connectivity index (χ1) is 13.1. The van der Waals surface area contributed by atoms with Crippen LogP contribution in [0.2, 0.25) is 0 Å². The average Bonchev–Trinajstić information content (AvgIpc) is 3.13. The van der Waals surface area contributed by atoms with Crippen LogP contribution in [0.15, 0.2) is 58.9 Å². The lowest BCUT2D eigenvalue weighted by Gasteiger charge is -2.10. The van der Waals surface area contributed by atoms with Gasteiger partial charge in [-0.25, -0.2) is 0 Å². The Morgan fingerprint density at radius 1 is 1.11 bits per heavy atom. The monoisotopic (exact) mass is 399 g/mol. The Morgan fingerprint density at radius 3 is 2.63 bits per heavy atom. The number of carbonyl (C=O) groups excluding carboxylic acids is 1. The van der Waals surface area contributed by atoms with Gasteiger partial charge in [-0.05, 0) is 23.6 Å². The van der Waals surface area contributed by atoms with E-state index in [2.05, 4.69) is 29.4 Å². The molecule has 0 aliphatic heterocycles. The summed E-state index contributed by atoms with van der Waals surface area (Å²) >= 11 is 3.03. The second-order valence-electron chi connectivity index (χ2n) is 6.30. The minimum Gasteiger partial charge on any atom is -0.488 e. The lowest BCUT2D eigenvalue weighted by molar-refractivity contribution is 0.102. The molecule has 0 aliphatic carbocycles. The molecule has 0 unspecified atom stereocenters. The van der Waals surface area contributed by atoms with Gasteiger partial charge in [0.05, 0.1) is 5.56 Å². The van der Waals surface area contributed by atoms with E-state index in [0.717, 1.165) is 15.7 Å². The van der Waals surface area contributed by atoms with Crippen molar-refractivity contribution in [2.24, 2.45) is 5.92 Å². The first-order valence-corrected chi connectivity index (χ1v) is 10.5. The van der Waals surface area contributed by atoms with Crippen LogP contribution in [0, 0.1) is 5.92 Å². The number of nitrogens with one attached hydrogen (secondary N) is 1. The lowest BCUT2D eigenvalue weighted by Crippen LogP contribution is -2.13. The zero-order valence-electron chi connectivity index (χ0n) is 15.2. The number of benzene rings is 2. The normalized spacial score (nSPS) is 10.8. The van der Waals surface area contributed by atoms with Gasteiger partial charge in [-0.3, -0.25) is 10.1 Å². The second-order valence-corrected chi connectivity index (χ2v) is 8.55. The molecule has 1 amide bonds. The summed E-state index contributed by atoms with van der Waals surface area (Å²) in [4.78, 5) is 12.7. The molecule has 0 aliphatic rings. The molecule has 0 radical (unpaired) electrons. The maximum absolute atomic E-state index is 12.7. The summed E-state index contributed by atoms with van der Waals surface area (Å²) in [7, 11) is 0. The molecule has 0 fully saturated rings. The standard InChI is InChI=1S/C20H21N3O2S2/c1-14(2)13-26-20-23-22-19(27-20)21-18(24)16-10-6-7-11-17(16)25-12-15-8-4-3-5-9-15/h3-11,14H,12-13H2,1-2H3,(H,21,22,24). The van der Waals surface area contributed by atoms with Gasteiger partial charge in [-0.1, -0.05) is 79.4 Å². The van der Waals surface area contributed by atoms with Crippen LogP contribution in [-0.4, -0.2) is 21.9 Å². The fraction of sp³-hybridized carbons (Fsp3) is 0.250. The number of nitrogens with zero attached hydrogens (tertiary/aromatic N) is 2. The predicted molar refractivity (Wildman–Crippen MR) is 111 cm³/mol. The second kappa shape index (κ2) is 9.53. The van der Waals surface area contributed by atoms with E-state index in [4.69, 9.17) is 4.74 Å². The van der Waals surface area contributed by atoms with Gasteiger partial charge in [-0.2, -0.15) is 0 Å². The molecule has 0 saturated carbocycles. The molecular formula is C20H21N3O2S2. The van der Waals surface area contributed by atoms with Gasteiger partial charge < -0.3 is 4.74 Å². The quantitative estimate of drug-likeness (QED) is 0.421. The van der Waals surface area contributed by atoms with Gasteiger partial charge in [0.1, 0.15) is 12.4 Å². The van der Waals surface area contributed by atoms with Crippen LogP contribution in [0.4, 0.5) is 5.13 Å². The van der Waals surface area contributed by atoms with Crippen LogP contribution >= 0.6 is 23.1 Å². The van der Waals surface area contributed by atoms with E-state index in [-0.39, 0.29) is 5.91 Å². The number of anilines is 1. The molecule has 5 nitrogen and oxygen atoms in total. The van der Waals surface area contributed by atoms with Gasteiger partial charge in [0.15, 0.2) is 4.34 Å². The first kappa shape index (κ1) is 19.4. The van der Waals surface area contributed by atoms with Crippen molar-refractivity contribution >= 4 is 34.1 Å². The molecule has 2 aromatic carbocycles. The van der Waals surface area contributed by atoms with Crippen LogP contribution in [0.1, 0.15) is 29.8 Å². The molecule has 1 N–H and O–H groups in total. The first-order valence-electron chi connectivity index (χ1n) is 8.65. The zero-order chi connectivity index (χ0) is 19.1. The van der Waals surface area contributed by atoms with Crippen molar-refractivity contribution in [1.29, 1.82) is 0 Å². The minimum atomic E-state index is -0.254. The highest BCUT2D eigenvalue weighted by atomic mass is 32.2. The van der Waals surface area contributed by atoms with Crippen molar-refractivity contribution in [2.45, 2.75) is 24.8 Å². The van der Waals surface area contributed by atoms with Crippen LogP contribution in [0.5, 0.6) is 5.75 Å². The Hall–Kier alpha value is -2.38. The predicted octanol–water partition coefficient (Wildman–Crippen LogP) is 5.12. The fourth-order valence-corrected chi connectivity index (χ4v) is 3.96. The molecule has 140 valence electrons. The highest BCUT2D eigenvalue weighted by Crippen LogP contribution is 2.28. The van der Waals surface area contributed by atoms with Gasteiger partial charge in [0.2, 0.25) is 5.13 Å². The number of rotatable bonds is 8. The zero-order valence-corrected chi connectivity index (χ0v) is 16.8. The number of carbonyl (C=O) groups is 1. The number of amides is 1. The van der Waals surface area contributed by atoms with E-state index in [9.17, 15) is 4.79 Å². The molecule has 7 heteroatoms. The third-order valence-corrected chi connectivity index (χ3v) is 5.93. The molecule has 0 spiro atoms.